The van der Waals surface area contributed by atoms with Gasteiger partial charge in [0.15, 0.2) is 0 Å². The Morgan fingerprint density at radius 2 is 2.09 bits per heavy atom. The Hall–Kier alpha value is -1.32. The lowest BCUT2D eigenvalue weighted by Gasteiger charge is -2.60. The summed E-state index contributed by atoms with van der Waals surface area (Å²) in [6.45, 7) is 5.00. The first kappa shape index (κ1) is 14.1. The molecule has 1 saturated heterocycles. The zero-order valence-corrected chi connectivity index (χ0v) is 14.0. The molecule has 2 heterocycles. The molecule has 0 radical (unpaired) electrons. The molecule has 0 spiro atoms. The van der Waals surface area contributed by atoms with Crippen molar-refractivity contribution in [3.05, 3.63) is 35.5 Å². The lowest BCUT2D eigenvalue weighted by molar-refractivity contribution is -0.0315. The second kappa shape index (κ2) is 4.40. The van der Waals surface area contributed by atoms with E-state index in [1.54, 1.807) is 0 Å². The van der Waals surface area contributed by atoms with Crippen LogP contribution in [0.25, 0.3) is 10.9 Å². The van der Waals surface area contributed by atoms with Crippen LogP contribution in [0.3, 0.4) is 0 Å². The molecule has 3 aliphatic rings. The average Bonchev–Trinajstić information content (AvgIpc) is 2.93. The number of fused-ring (bicyclic) bond motifs is 5. The molecule has 4 atom stereocenters. The fraction of sp³-hybridized carbons (Fsp3) is 0.600. The molecule has 122 valence electrons. The number of aromatic amines is 1. The monoisotopic (exact) mass is 310 g/mol. The summed E-state index contributed by atoms with van der Waals surface area (Å²) in [6, 6.07) is 9.12. The number of aliphatic hydroxyl groups is 1. The van der Waals surface area contributed by atoms with Crippen LogP contribution in [0.1, 0.15) is 44.4 Å². The molecule has 2 bridgehead atoms. The number of nitrogens with one attached hydrogen (secondary N) is 2. The normalized spacial score (nSPS) is 37.6. The standard InChI is InChI=1S/C20H26N2O/c1-19(2)12-7-8-20(11-23)15(9-12)17(22-19)10-14-13-5-3-4-6-16(13)21-18(14)20/h3-6,12,15,17,21-23H,7-11H2,1-2H3. The van der Waals surface area contributed by atoms with Crippen LogP contribution < -0.4 is 5.32 Å². The lowest BCUT2D eigenvalue weighted by atomic mass is 9.51. The van der Waals surface area contributed by atoms with Gasteiger partial charge in [-0.25, -0.2) is 0 Å². The third kappa shape index (κ3) is 1.67. The molecule has 3 N–H and O–H groups in total. The Bertz CT molecular complexity index is 777. The van der Waals surface area contributed by atoms with Gasteiger partial charge < -0.3 is 15.4 Å². The van der Waals surface area contributed by atoms with Crippen molar-refractivity contribution in [2.24, 2.45) is 11.8 Å². The summed E-state index contributed by atoms with van der Waals surface area (Å²) in [5.41, 5.74) is 4.15. The van der Waals surface area contributed by atoms with Crippen molar-refractivity contribution < 1.29 is 5.11 Å². The van der Waals surface area contributed by atoms with Gasteiger partial charge >= 0.3 is 0 Å². The zero-order chi connectivity index (χ0) is 15.8. The van der Waals surface area contributed by atoms with Gasteiger partial charge in [0, 0.05) is 33.6 Å². The molecule has 0 amide bonds. The highest BCUT2D eigenvalue weighted by atomic mass is 16.3. The molecule has 2 fully saturated rings. The Balaban J connectivity index is 1.74. The van der Waals surface area contributed by atoms with Crippen LogP contribution in [0.2, 0.25) is 0 Å². The fourth-order valence-corrected chi connectivity index (χ4v) is 6.00. The topological polar surface area (TPSA) is 48.0 Å². The second-order valence-corrected chi connectivity index (χ2v) is 8.59. The van der Waals surface area contributed by atoms with E-state index in [0.29, 0.717) is 12.0 Å². The van der Waals surface area contributed by atoms with Crippen molar-refractivity contribution in [2.75, 3.05) is 6.61 Å². The van der Waals surface area contributed by atoms with Crippen LogP contribution in [0.4, 0.5) is 0 Å². The van der Waals surface area contributed by atoms with Gasteiger partial charge in [0.1, 0.15) is 0 Å². The van der Waals surface area contributed by atoms with E-state index in [2.05, 4.69) is 48.4 Å². The minimum atomic E-state index is -0.0722. The summed E-state index contributed by atoms with van der Waals surface area (Å²) in [5.74, 6) is 1.29. The van der Waals surface area contributed by atoms with Gasteiger partial charge in [-0.05, 0) is 63.0 Å². The highest BCUT2D eigenvalue weighted by Crippen LogP contribution is 2.56. The number of hydrogen-bond donors (Lipinski definition) is 3. The number of piperidine rings is 1. The summed E-state index contributed by atoms with van der Waals surface area (Å²) in [4.78, 5) is 3.70. The number of aromatic nitrogens is 1. The number of aliphatic hydroxyl groups excluding tert-OH is 1. The summed E-state index contributed by atoms with van der Waals surface area (Å²) in [7, 11) is 0. The van der Waals surface area contributed by atoms with Crippen LogP contribution in [0.5, 0.6) is 0 Å². The predicted octanol–water partition coefficient (Wildman–Crippen LogP) is 3.12. The molecule has 2 aliphatic carbocycles. The van der Waals surface area contributed by atoms with Crippen molar-refractivity contribution >= 4 is 10.9 Å². The van der Waals surface area contributed by atoms with Crippen LogP contribution in [0, 0.1) is 11.8 Å². The van der Waals surface area contributed by atoms with Gasteiger partial charge in [-0.3, -0.25) is 0 Å². The second-order valence-electron chi connectivity index (χ2n) is 8.59. The van der Waals surface area contributed by atoms with Crippen molar-refractivity contribution in [3.8, 4) is 0 Å². The predicted molar refractivity (Wildman–Crippen MR) is 92.6 cm³/mol. The quantitative estimate of drug-likeness (QED) is 0.758. The number of para-hydroxylation sites is 1. The number of benzene rings is 1. The highest BCUT2D eigenvalue weighted by molar-refractivity contribution is 5.85. The largest absolute Gasteiger partial charge is 0.395 e. The maximum Gasteiger partial charge on any atom is 0.0545 e. The molecule has 1 saturated carbocycles. The lowest BCUT2D eigenvalue weighted by Crippen LogP contribution is -2.68. The first-order chi connectivity index (χ1) is 11.0. The third-order valence-electron chi connectivity index (χ3n) is 7.27. The summed E-state index contributed by atoms with van der Waals surface area (Å²) >= 11 is 0. The first-order valence-corrected chi connectivity index (χ1v) is 9.04. The molecule has 1 aromatic heterocycles. The number of hydrogen-bond acceptors (Lipinski definition) is 2. The van der Waals surface area contributed by atoms with Crippen molar-refractivity contribution in [1.29, 1.82) is 0 Å². The van der Waals surface area contributed by atoms with E-state index in [9.17, 15) is 5.11 Å². The van der Waals surface area contributed by atoms with E-state index in [0.717, 1.165) is 18.8 Å². The van der Waals surface area contributed by atoms with Crippen LogP contribution >= 0.6 is 0 Å². The van der Waals surface area contributed by atoms with Gasteiger partial charge in [0.2, 0.25) is 0 Å². The minimum absolute atomic E-state index is 0.0722. The van der Waals surface area contributed by atoms with Crippen molar-refractivity contribution in [1.82, 2.24) is 10.3 Å². The molecule has 3 heteroatoms. The van der Waals surface area contributed by atoms with E-state index in [1.807, 2.05) is 0 Å². The molecule has 2 aromatic rings. The zero-order valence-electron chi connectivity index (χ0n) is 14.0. The molecule has 5 rings (SSSR count). The Kier molecular flexibility index (Phi) is 2.69. The molecule has 3 nitrogen and oxygen atoms in total. The summed E-state index contributed by atoms with van der Waals surface area (Å²) in [6.07, 6.45) is 4.65. The van der Waals surface area contributed by atoms with Gasteiger partial charge in [-0.1, -0.05) is 18.2 Å². The van der Waals surface area contributed by atoms with E-state index < -0.39 is 0 Å². The summed E-state index contributed by atoms with van der Waals surface area (Å²) in [5, 5.41) is 15.8. The van der Waals surface area contributed by atoms with E-state index >= 15 is 0 Å². The molecule has 1 aromatic carbocycles. The first-order valence-electron chi connectivity index (χ1n) is 9.04. The maximum atomic E-state index is 10.5. The molecule has 4 unspecified atom stereocenters. The summed E-state index contributed by atoms with van der Waals surface area (Å²) < 4.78 is 0. The molecular formula is C20H26N2O. The van der Waals surface area contributed by atoms with E-state index in [4.69, 9.17) is 0 Å². The maximum absolute atomic E-state index is 10.5. The Labute approximate surface area is 137 Å². The minimum Gasteiger partial charge on any atom is -0.395 e. The molecular weight excluding hydrogens is 284 g/mol. The number of rotatable bonds is 1. The molecule has 1 aliphatic heterocycles. The van der Waals surface area contributed by atoms with Crippen molar-refractivity contribution in [3.63, 3.8) is 0 Å². The Morgan fingerprint density at radius 1 is 1.26 bits per heavy atom. The fourth-order valence-electron chi connectivity index (χ4n) is 6.00. The third-order valence-corrected chi connectivity index (χ3v) is 7.27. The average molecular weight is 310 g/mol. The van der Waals surface area contributed by atoms with Gasteiger partial charge in [0.05, 0.1) is 6.61 Å². The van der Waals surface area contributed by atoms with E-state index in [1.165, 1.54) is 35.0 Å². The molecule has 23 heavy (non-hydrogen) atoms. The van der Waals surface area contributed by atoms with Gasteiger partial charge in [0.25, 0.3) is 0 Å². The Morgan fingerprint density at radius 3 is 2.91 bits per heavy atom. The van der Waals surface area contributed by atoms with Crippen molar-refractivity contribution in [2.45, 2.75) is 56.5 Å². The van der Waals surface area contributed by atoms with E-state index in [-0.39, 0.29) is 17.6 Å². The number of H-pyrrole nitrogens is 1. The van der Waals surface area contributed by atoms with Crippen LogP contribution in [-0.4, -0.2) is 28.3 Å². The van der Waals surface area contributed by atoms with Crippen LogP contribution in [-0.2, 0) is 11.8 Å². The highest BCUT2D eigenvalue weighted by Gasteiger charge is 2.57. The van der Waals surface area contributed by atoms with Gasteiger partial charge in [-0.2, -0.15) is 0 Å². The van der Waals surface area contributed by atoms with Gasteiger partial charge in [-0.15, -0.1) is 0 Å². The SMILES string of the molecule is CC1(C)NC2Cc3c([nH]c4ccccc34)C3(CO)CCC1CC23. The smallest absolute Gasteiger partial charge is 0.0545 e. The van der Waals surface area contributed by atoms with Crippen LogP contribution in [0.15, 0.2) is 24.3 Å².